The lowest BCUT2D eigenvalue weighted by Gasteiger charge is -2.13. The second-order valence-electron chi connectivity index (χ2n) is 6.81. The molecule has 1 N–H and O–H groups in total. The van der Waals surface area contributed by atoms with Gasteiger partial charge in [-0.2, -0.15) is 0 Å². The molecule has 0 aromatic heterocycles. The van der Waals surface area contributed by atoms with Crippen LogP contribution in [0.25, 0.3) is 6.08 Å². The molecular weight excluding hydrogens is 334 g/mol. The van der Waals surface area contributed by atoms with E-state index in [1.807, 2.05) is 6.07 Å². The number of hydrogen-bond acceptors (Lipinski definition) is 5. The number of benzene rings is 1. The number of ether oxygens (including phenoxy) is 3. The van der Waals surface area contributed by atoms with E-state index < -0.39 is 12.1 Å². The molecule has 6 nitrogen and oxygen atoms in total. The van der Waals surface area contributed by atoms with Crippen LogP contribution >= 0.6 is 0 Å². The van der Waals surface area contributed by atoms with Crippen LogP contribution in [0.15, 0.2) is 24.3 Å². The fourth-order valence-corrected chi connectivity index (χ4v) is 2.14. The normalized spacial score (nSPS) is 15.0. The highest BCUT2D eigenvalue weighted by Gasteiger charge is 2.26. The van der Waals surface area contributed by atoms with E-state index in [0.29, 0.717) is 24.0 Å². The molecule has 26 heavy (non-hydrogen) atoms. The lowest BCUT2D eigenvalue weighted by Crippen LogP contribution is -2.36. The topological polar surface area (TPSA) is 73.9 Å². The molecule has 0 bridgehead atoms. The summed E-state index contributed by atoms with van der Waals surface area (Å²) in [5, 5.41) is 2.80. The summed E-state index contributed by atoms with van der Waals surface area (Å²) in [6, 6.07) is 5.65. The van der Waals surface area contributed by atoms with Crippen LogP contribution in [0.2, 0.25) is 0 Å². The summed E-state index contributed by atoms with van der Waals surface area (Å²) in [5.74, 6) is 0.836. The number of nitrogens with one attached hydrogen (secondary N) is 1. The Morgan fingerprint density at radius 3 is 2.58 bits per heavy atom. The van der Waals surface area contributed by atoms with Crippen LogP contribution in [0.3, 0.4) is 0 Å². The predicted molar refractivity (Wildman–Crippen MR) is 99.1 cm³/mol. The van der Waals surface area contributed by atoms with Gasteiger partial charge in [0.1, 0.15) is 0 Å². The third kappa shape index (κ3) is 6.43. The van der Waals surface area contributed by atoms with Crippen molar-refractivity contribution in [1.29, 1.82) is 0 Å². The summed E-state index contributed by atoms with van der Waals surface area (Å²) in [5.41, 5.74) is 0.769. The zero-order valence-corrected chi connectivity index (χ0v) is 15.8. The quantitative estimate of drug-likeness (QED) is 0.541. The fourth-order valence-electron chi connectivity index (χ4n) is 2.14. The van der Waals surface area contributed by atoms with Crippen molar-refractivity contribution in [2.75, 3.05) is 13.7 Å². The van der Waals surface area contributed by atoms with Gasteiger partial charge in [-0.1, -0.05) is 19.9 Å². The minimum Gasteiger partial charge on any atom is -0.493 e. The fraction of sp³-hybridized carbons (Fsp3) is 0.500. The Morgan fingerprint density at radius 2 is 1.96 bits per heavy atom. The van der Waals surface area contributed by atoms with Crippen molar-refractivity contribution < 1.29 is 23.8 Å². The van der Waals surface area contributed by atoms with Gasteiger partial charge in [0.15, 0.2) is 17.6 Å². The van der Waals surface area contributed by atoms with E-state index in [-0.39, 0.29) is 11.9 Å². The zero-order valence-electron chi connectivity index (χ0n) is 15.8. The Labute approximate surface area is 154 Å². The summed E-state index contributed by atoms with van der Waals surface area (Å²) in [7, 11) is 1.57. The van der Waals surface area contributed by atoms with E-state index in [1.54, 1.807) is 32.2 Å². The van der Waals surface area contributed by atoms with Crippen molar-refractivity contribution in [2.24, 2.45) is 5.92 Å². The number of hydrogen-bond donors (Lipinski definition) is 1. The summed E-state index contributed by atoms with van der Waals surface area (Å²) in [6.07, 6.45) is 4.08. The lowest BCUT2D eigenvalue weighted by molar-refractivity contribution is -0.150. The Bertz CT molecular complexity index is 664. The van der Waals surface area contributed by atoms with Crippen molar-refractivity contribution in [2.45, 2.75) is 45.8 Å². The van der Waals surface area contributed by atoms with Crippen molar-refractivity contribution >= 4 is 18.0 Å². The molecular formula is C20H27NO5. The van der Waals surface area contributed by atoms with Gasteiger partial charge in [-0.3, -0.25) is 4.79 Å². The van der Waals surface area contributed by atoms with E-state index in [1.165, 1.54) is 6.08 Å². The maximum Gasteiger partial charge on any atom is 0.331 e. The van der Waals surface area contributed by atoms with Crippen molar-refractivity contribution in [3.05, 3.63) is 29.8 Å². The third-order valence-electron chi connectivity index (χ3n) is 3.76. The van der Waals surface area contributed by atoms with Gasteiger partial charge in [-0.15, -0.1) is 0 Å². The van der Waals surface area contributed by atoms with E-state index >= 15 is 0 Å². The molecule has 142 valence electrons. The van der Waals surface area contributed by atoms with Gasteiger partial charge in [0.25, 0.3) is 5.91 Å². The molecule has 0 aliphatic heterocycles. The number of esters is 1. The first-order valence-electron chi connectivity index (χ1n) is 8.89. The largest absolute Gasteiger partial charge is 0.493 e. The summed E-state index contributed by atoms with van der Waals surface area (Å²) in [4.78, 5) is 23.7. The van der Waals surface area contributed by atoms with Crippen LogP contribution in [0.4, 0.5) is 0 Å². The van der Waals surface area contributed by atoms with Crippen molar-refractivity contribution in [3.63, 3.8) is 0 Å². The van der Waals surface area contributed by atoms with Gasteiger partial charge in [0.05, 0.1) is 13.7 Å². The van der Waals surface area contributed by atoms with Crippen LogP contribution in [0.1, 0.15) is 39.2 Å². The van der Waals surface area contributed by atoms with Crippen molar-refractivity contribution in [3.8, 4) is 11.5 Å². The van der Waals surface area contributed by atoms with Gasteiger partial charge in [-0.25, -0.2) is 4.79 Å². The lowest BCUT2D eigenvalue weighted by atomic mass is 10.2. The molecule has 0 saturated heterocycles. The highest BCUT2D eigenvalue weighted by atomic mass is 16.5. The molecule has 6 heteroatoms. The van der Waals surface area contributed by atoms with Gasteiger partial charge in [0.2, 0.25) is 0 Å². The summed E-state index contributed by atoms with van der Waals surface area (Å²) >= 11 is 0. The minimum absolute atomic E-state index is 0.239. The SMILES string of the molecule is COc1cc(/C=C/C(=O)O[C@@H](C)C(=O)NC2CC2)ccc1OCC(C)C. The molecule has 1 aliphatic carbocycles. The van der Waals surface area contributed by atoms with Gasteiger partial charge < -0.3 is 19.5 Å². The second-order valence-corrected chi connectivity index (χ2v) is 6.81. The molecule has 0 unspecified atom stereocenters. The van der Waals surface area contributed by atoms with Crippen LogP contribution in [0, 0.1) is 5.92 Å². The van der Waals surface area contributed by atoms with E-state index in [4.69, 9.17) is 14.2 Å². The van der Waals surface area contributed by atoms with E-state index in [2.05, 4.69) is 19.2 Å². The Kier molecular flexibility index (Phi) is 7.06. The third-order valence-corrected chi connectivity index (χ3v) is 3.76. The van der Waals surface area contributed by atoms with Crippen LogP contribution in [0.5, 0.6) is 11.5 Å². The van der Waals surface area contributed by atoms with Crippen LogP contribution < -0.4 is 14.8 Å². The summed E-state index contributed by atoms with van der Waals surface area (Å²) < 4.78 is 16.2. The number of carbonyl (C=O) groups excluding carboxylic acids is 2. The maximum absolute atomic E-state index is 11.9. The molecule has 0 radical (unpaired) electrons. The molecule has 1 aliphatic rings. The molecule has 1 saturated carbocycles. The molecule has 0 heterocycles. The molecule has 2 rings (SSSR count). The number of rotatable bonds is 9. The second kappa shape index (κ2) is 9.27. The Hall–Kier alpha value is -2.50. The van der Waals surface area contributed by atoms with Crippen molar-refractivity contribution in [1.82, 2.24) is 5.32 Å². The average Bonchev–Trinajstić information content (AvgIpc) is 3.42. The maximum atomic E-state index is 11.9. The Balaban J connectivity index is 1.91. The molecule has 0 spiro atoms. The molecule has 1 atom stereocenters. The number of methoxy groups -OCH3 is 1. The average molecular weight is 361 g/mol. The monoisotopic (exact) mass is 361 g/mol. The molecule has 1 fully saturated rings. The number of carbonyl (C=O) groups is 2. The number of amides is 1. The van der Waals surface area contributed by atoms with E-state index in [0.717, 1.165) is 18.4 Å². The molecule has 1 amide bonds. The van der Waals surface area contributed by atoms with Gasteiger partial charge in [-0.05, 0) is 49.5 Å². The predicted octanol–water partition coefficient (Wildman–Crippen LogP) is 2.95. The highest BCUT2D eigenvalue weighted by molar-refractivity contribution is 5.90. The zero-order chi connectivity index (χ0) is 19.1. The standard InChI is InChI=1S/C20H27NO5/c1-13(2)12-25-17-9-5-15(11-18(17)24-4)6-10-19(22)26-14(3)20(23)21-16-7-8-16/h5-6,9-11,13-14,16H,7-8,12H2,1-4H3,(H,21,23)/b10-6+/t14-/m0/s1. The first-order valence-corrected chi connectivity index (χ1v) is 8.89. The Morgan fingerprint density at radius 1 is 1.23 bits per heavy atom. The highest BCUT2D eigenvalue weighted by Crippen LogP contribution is 2.29. The van der Waals surface area contributed by atoms with Crippen LogP contribution in [-0.4, -0.2) is 37.7 Å². The first kappa shape index (κ1) is 19.8. The smallest absolute Gasteiger partial charge is 0.331 e. The van der Waals surface area contributed by atoms with Gasteiger partial charge in [0, 0.05) is 12.1 Å². The molecule has 1 aromatic rings. The summed E-state index contributed by atoms with van der Waals surface area (Å²) in [6.45, 7) is 6.30. The molecule has 1 aromatic carbocycles. The van der Waals surface area contributed by atoms with Gasteiger partial charge >= 0.3 is 5.97 Å². The minimum atomic E-state index is -0.811. The van der Waals surface area contributed by atoms with Crippen LogP contribution in [-0.2, 0) is 14.3 Å². The van der Waals surface area contributed by atoms with E-state index in [9.17, 15) is 9.59 Å². The first-order chi connectivity index (χ1) is 12.4.